The predicted octanol–water partition coefficient (Wildman–Crippen LogP) is 8.89. The van der Waals surface area contributed by atoms with E-state index in [0.29, 0.717) is 31.1 Å². The molecule has 0 aliphatic rings. The Morgan fingerprint density at radius 3 is 1.32 bits per heavy atom. The summed E-state index contributed by atoms with van der Waals surface area (Å²) < 4.78 is 0. The summed E-state index contributed by atoms with van der Waals surface area (Å²) in [6.07, 6.45) is 1.82. The smallest absolute Gasteiger partial charge is 0.123 e. The summed E-state index contributed by atoms with van der Waals surface area (Å²) in [5.74, 6) is 0.712. The lowest BCUT2D eigenvalue weighted by Gasteiger charge is -2.31. The molecule has 40 heavy (non-hydrogen) atoms. The summed E-state index contributed by atoms with van der Waals surface area (Å²) in [7, 11) is 0. The summed E-state index contributed by atoms with van der Waals surface area (Å²) >= 11 is 0. The molecule has 0 amide bonds. The molecule has 0 saturated heterocycles. The fourth-order valence-electron chi connectivity index (χ4n) is 5.01. The third-order valence-corrected chi connectivity index (χ3v) is 7.63. The summed E-state index contributed by atoms with van der Waals surface area (Å²) in [5.41, 5.74) is 6.55. The van der Waals surface area contributed by atoms with Gasteiger partial charge in [0.2, 0.25) is 0 Å². The van der Waals surface area contributed by atoms with Crippen LogP contribution in [0.15, 0.2) is 48.7 Å². The standard InChI is InChI=1S/C36H52N2O2/c1-33(2,3)26-17-24(31(39)29(19-26)35(7,8)9)21-38(23-28-15-13-14-16-37-28)22-25-18-27(34(4,5)6)20-30(32(25)40)36(10,11)12/h13-20,39-40H,21-23H2,1-12H3. The maximum absolute atomic E-state index is 11.6. The van der Waals surface area contributed by atoms with Gasteiger partial charge in [-0.05, 0) is 56.0 Å². The number of hydrogen-bond acceptors (Lipinski definition) is 4. The van der Waals surface area contributed by atoms with Crippen LogP contribution < -0.4 is 0 Å². The summed E-state index contributed by atoms with van der Waals surface area (Å²) in [6, 6.07) is 14.6. The Morgan fingerprint density at radius 1 is 0.575 bits per heavy atom. The molecule has 0 fully saturated rings. The number of phenolic OH excluding ortho intramolecular Hbond substituents is 2. The number of aromatic hydroxyl groups is 2. The van der Waals surface area contributed by atoms with E-state index in [1.54, 1.807) is 0 Å². The van der Waals surface area contributed by atoms with Crippen LogP contribution in [0, 0.1) is 0 Å². The highest BCUT2D eigenvalue weighted by atomic mass is 16.3. The molecule has 3 aromatic rings. The van der Waals surface area contributed by atoms with Crippen LogP contribution in [0.2, 0.25) is 0 Å². The van der Waals surface area contributed by atoms with Gasteiger partial charge in [-0.15, -0.1) is 0 Å². The second kappa shape index (κ2) is 11.2. The molecule has 218 valence electrons. The van der Waals surface area contributed by atoms with Crippen LogP contribution in [0.25, 0.3) is 0 Å². The van der Waals surface area contributed by atoms with E-state index >= 15 is 0 Å². The molecule has 0 bridgehead atoms. The summed E-state index contributed by atoms with van der Waals surface area (Å²) in [6.45, 7) is 27.8. The molecule has 0 aliphatic carbocycles. The van der Waals surface area contributed by atoms with E-state index in [1.807, 2.05) is 24.4 Å². The Morgan fingerprint density at radius 2 is 1.00 bits per heavy atom. The van der Waals surface area contributed by atoms with Crippen LogP contribution in [0.5, 0.6) is 11.5 Å². The molecule has 4 nitrogen and oxygen atoms in total. The van der Waals surface area contributed by atoms with E-state index in [-0.39, 0.29) is 21.7 Å². The van der Waals surface area contributed by atoms with Crippen LogP contribution in [0.3, 0.4) is 0 Å². The van der Waals surface area contributed by atoms with Crippen LogP contribution in [-0.4, -0.2) is 20.1 Å². The Bertz CT molecular complexity index is 1230. The van der Waals surface area contributed by atoms with Crippen molar-refractivity contribution in [2.75, 3.05) is 0 Å². The Balaban J connectivity index is 2.17. The topological polar surface area (TPSA) is 56.6 Å². The van der Waals surface area contributed by atoms with Gasteiger partial charge in [-0.1, -0.05) is 113 Å². The first-order chi connectivity index (χ1) is 18.2. The van der Waals surface area contributed by atoms with Crippen molar-refractivity contribution in [1.29, 1.82) is 0 Å². The SMILES string of the molecule is CC(C)(C)c1cc(CN(Cc2ccccn2)Cc2cc(C(C)(C)C)cc(C(C)(C)C)c2O)c(O)c(C(C)(C)C)c1. The first-order valence-corrected chi connectivity index (χ1v) is 14.5. The molecule has 1 aromatic heterocycles. The minimum Gasteiger partial charge on any atom is -0.507 e. The van der Waals surface area contributed by atoms with Gasteiger partial charge in [0.05, 0.1) is 5.69 Å². The molecular formula is C36H52N2O2. The number of phenols is 2. The van der Waals surface area contributed by atoms with Crippen LogP contribution >= 0.6 is 0 Å². The number of nitrogens with zero attached hydrogens (tertiary/aromatic N) is 2. The summed E-state index contributed by atoms with van der Waals surface area (Å²) in [4.78, 5) is 6.89. The second-order valence-electron chi connectivity index (χ2n) is 15.5. The van der Waals surface area contributed by atoms with E-state index in [9.17, 15) is 10.2 Å². The van der Waals surface area contributed by atoms with E-state index < -0.39 is 0 Å². The molecule has 0 atom stereocenters. The highest BCUT2D eigenvalue weighted by Gasteiger charge is 2.28. The van der Waals surface area contributed by atoms with Crippen LogP contribution in [-0.2, 0) is 41.3 Å². The third kappa shape index (κ3) is 7.66. The minimum absolute atomic E-state index is 0.0603. The van der Waals surface area contributed by atoms with Crippen LogP contribution in [0.4, 0.5) is 0 Å². The molecule has 1 heterocycles. The molecule has 0 aliphatic heterocycles. The zero-order valence-electron chi connectivity index (χ0n) is 27.0. The lowest BCUT2D eigenvalue weighted by molar-refractivity contribution is 0.237. The van der Waals surface area contributed by atoms with Gasteiger partial charge in [-0.2, -0.15) is 0 Å². The third-order valence-electron chi connectivity index (χ3n) is 7.63. The maximum atomic E-state index is 11.6. The molecule has 2 N–H and O–H groups in total. The van der Waals surface area contributed by atoms with Crippen molar-refractivity contribution in [3.8, 4) is 11.5 Å². The van der Waals surface area contributed by atoms with Crippen molar-refractivity contribution < 1.29 is 10.2 Å². The number of rotatable bonds is 6. The fourth-order valence-corrected chi connectivity index (χ4v) is 5.01. The van der Waals surface area contributed by atoms with E-state index in [0.717, 1.165) is 27.9 Å². The van der Waals surface area contributed by atoms with Crippen LogP contribution in [0.1, 0.15) is 122 Å². The normalized spacial score (nSPS) is 13.2. The lowest BCUT2D eigenvalue weighted by atomic mass is 9.78. The van der Waals surface area contributed by atoms with Gasteiger partial charge in [0.1, 0.15) is 11.5 Å². The van der Waals surface area contributed by atoms with Gasteiger partial charge in [-0.25, -0.2) is 0 Å². The lowest BCUT2D eigenvalue weighted by Crippen LogP contribution is -2.25. The highest BCUT2D eigenvalue weighted by molar-refractivity contribution is 5.50. The number of benzene rings is 2. The largest absolute Gasteiger partial charge is 0.507 e. The fraction of sp³-hybridized carbons (Fsp3) is 0.528. The van der Waals surface area contributed by atoms with E-state index in [4.69, 9.17) is 0 Å². The average Bonchev–Trinajstić information content (AvgIpc) is 2.79. The highest BCUT2D eigenvalue weighted by Crippen LogP contribution is 2.40. The van der Waals surface area contributed by atoms with Crippen molar-refractivity contribution in [2.24, 2.45) is 0 Å². The second-order valence-corrected chi connectivity index (χ2v) is 15.5. The zero-order valence-corrected chi connectivity index (χ0v) is 27.0. The van der Waals surface area contributed by atoms with Gasteiger partial charge < -0.3 is 10.2 Å². The first-order valence-electron chi connectivity index (χ1n) is 14.5. The van der Waals surface area contributed by atoms with Gasteiger partial charge in [-0.3, -0.25) is 9.88 Å². The van der Waals surface area contributed by atoms with Gasteiger partial charge in [0.15, 0.2) is 0 Å². The van der Waals surface area contributed by atoms with Crippen molar-refractivity contribution in [3.63, 3.8) is 0 Å². The van der Waals surface area contributed by atoms with Crippen molar-refractivity contribution in [1.82, 2.24) is 9.88 Å². The number of aromatic nitrogens is 1. The average molecular weight is 545 g/mol. The molecule has 0 saturated carbocycles. The van der Waals surface area contributed by atoms with Gasteiger partial charge in [0, 0.05) is 37.0 Å². The zero-order chi connectivity index (χ0) is 30.3. The van der Waals surface area contributed by atoms with Crippen molar-refractivity contribution >= 4 is 0 Å². The predicted molar refractivity (Wildman–Crippen MR) is 168 cm³/mol. The minimum atomic E-state index is -0.202. The quantitative estimate of drug-likeness (QED) is 0.325. The number of pyridine rings is 1. The number of hydrogen-bond donors (Lipinski definition) is 2. The van der Waals surface area contributed by atoms with E-state index in [2.05, 4.69) is 117 Å². The van der Waals surface area contributed by atoms with Crippen molar-refractivity contribution in [2.45, 2.75) is 124 Å². The molecule has 0 unspecified atom stereocenters. The summed E-state index contributed by atoms with van der Waals surface area (Å²) in [5, 5.41) is 23.1. The molecule has 0 radical (unpaired) electrons. The monoisotopic (exact) mass is 544 g/mol. The Hall–Kier alpha value is -2.85. The molecule has 0 spiro atoms. The Labute approximate surface area is 243 Å². The molecule has 2 aromatic carbocycles. The van der Waals surface area contributed by atoms with Gasteiger partial charge >= 0.3 is 0 Å². The van der Waals surface area contributed by atoms with Crippen molar-refractivity contribution in [3.05, 3.63) is 87.7 Å². The molecular weight excluding hydrogens is 492 g/mol. The molecule has 3 rings (SSSR count). The van der Waals surface area contributed by atoms with E-state index in [1.165, 1.54) is 11.1 Å². The molecule has 4 heteroatoms. The van der Waals surface area contributed by atoms with Gasteiger partial charge in [0.25, 0.3) is 0 Å². The first kappa shape index (κ1) is 31.7. The Kier molecular flexibility index (Phi) is 8.87. The maximum Gasteiger partial charge on any atom is 0.123 e.